The van der Waals surface area contributed by atoms with E-state index in [1.54, 1.807) is 18.2 Å². The molecule has 7 heteroatoms. The fourth-order valence-electron chi connectivity index (χ4n) is 5.28. The van der Waals surface area contributed by atoms with Crippen molar-refractivity contribution in [3.8, 4) is 0 Å². The number of carbonyl (C=O) groups is 4. The Morgan fingerprint density at radius 2 is 1.70 bits per heavy atom. The molecule has 7 nitrogen and oxygen atoms in total. The molecule has 3 aliphatic rings. The first-order chi connectivity index (χ1) is 15.8. The van der Waals surface area contributed by atoms with Crippen molar-refractivity contribution < 1.29 is 23.9 Å². The van der Waals surface area contributed by atoms with Crippen LogP contribution in [-0.2, 0) is 19.1 Å². The average Bonchev–Trinajstić information content (AvgIpc) is 3.48. The molecule has 2 aromatic rings. The van der Waals surface area contributed by atoms with Gasteiger partial charge >= 0.3 is 5.97 Å². The van der Waals surface area contributed by atoms with E-state index in [2.05, 4.69) is 5.32 Å². The molecule has 2 aromatic carbocycles. The first kappa shape index (κ1) is 21.1. The maximum Gasteiger partial charge on any atom is 0.338 e. The monoisotopic (exact) mass is 444 g/mol. The Balaban J connectivity index is 1.25. The number of imide groups is 1. The van der Waals surface area contributed by atoms with E-state index in [9.17, 15) is 19.2 Å². The van der Waals surface area contributed by atoms with Gasteiger partial charge in [-0.3, -0.25) is 14.4 Å². The van der Waals surface area contributed by atoms with Crippen LogP contribution in [0.25, 0.3) is 0 Å². The van der Waals surface area contributed by atoms with Gasteiger partial charge in [-0.15, -0.1) is 0 Å². The summed E-state index contributed by atoms with van der Waals surface area (Å²) in [6.07, 6.45) is 4.94. The van der Waals surface area contributed by atoms with Crippen molar-refractivity contribution in [1.82, 2.24) is 0 Å². The number of fused-ring (bicyclic) bond motifs is 5. The van der Waals surface area contributed by atoms with Gasteiger partial charge in [0, 0.05) is 5.69 Å². The van der Waals surface area contributed by atoms with Gasteiger partial charge in [0.1, 0.15) is 0 Å². The quantitative estimate of drug-likeness (QED) is 0.433. The van der Waals surface area contributed by atoms with Gasteiger partial charge in [-0.25, -0.2) is 9.69 Å². The molecule has 1 saturated carbocycles. The fourth-order valence-corrected chi connectivity index (χ4v) is 5.28. The van der Waals surface area contributed by atoms with Crippen LogP contribution in [0.5, 0.6) is 0 Å². The van der Waals surface area contributed by atoms with Gasteiger partial charge in [-0.05, 0) is 61.9 Å². The van der Waals surface area contributed by atoms with E-state index in [1.165, 1.54) is 17.0 Å². The van der Waals surface area contributed by atoms with Gasteiger partial charge in [0.15, 0.2) is 6.61 Å². The van der Waals surface area contributed by atoms with Crippen LogP contribution in [0.1, 0.15) is 27.9 Å². The minimum atomic E-state index is -0.700. The number of nitrogens with one attached hydrogen (secondary N) is 1. The smallest absolute Gasteiger partial charge is 0.338 e. The Hall–Kier alpha value is -3.74. The van der Waals surface area contributed by atoms with E-state index in [4.69, 9.17) is 4.74 Å². The third-order valence-corrected chi connectivity index (χ3v) is 6.80. The lowest BCUT2D eigenvalue weighted by Crippen LogP contribution is -2.33. The Morgan fingerprint density at radius 1 is 1.00 bits per heavy atom. The van der Waals surface area contributed by atoms with Crippen molar-refractivity contribution in [1.29, 1.82) is 0 Å². The number of hydrogen-bond acceptors (Lipinski definition) is 5. The highest BCUT2D eigenvalue weighted by atomic mass is 16.5. The lowest BCUT2D eigenvalue weighted by molar-refractivity contribution is -0.123. The zero-order valence-electron chi connectivity index (χ0n) is 18.4. The lowest BCUT2D eigenvalue weighted by Gasteiger charge is -2.18. The molecular formula is C26H24N2O5. The Morgan fingerprint density at radius 3 is 2.36 bits per heavy atom. The molecule has 2 fully saturated rings. The number of esters is 1. The molecular weight excluding hydrogens is 420 g/mol. The number of allylic oxidation sites excluding steroid dienone is 2. The summed E-state index contributed by atoms with van der Waals surface area (Å²) < 4.78 is 5.17. The second-order valence-electron chi connectivity index (χ2n) is 9.00. The predicted octanol–water partition coefficient (Wildman–Crippen LogP) is 3.41. The fraction of sp³-hybridized carbons (Fsp3) is 0.308. The van der Waals surface area contributed by atoms with E-state index < -0.39 is 18.5 Å². The van der Waals surface area contributed by atoms with Crippen molar-refractivity contribution in [2.45, 2.75) is 20.3 Å². The summed E-state index contributed by atoms with van der Waals surface area (Å²) >= 11 is 0. The van der Waals surface area contributed by atoms with Gasteiger partial charge in [0.25, 0.3) is 5.91 Å². The Kier molecular flexibility index (Phi) is 5.12. The first-order valence-electron chi connectivity index (χ1n) is 11.0. The normalized spacial score (nSPS) is 24.8. The predicted molar refractivity (Wildman–Crippen MR) is 121 cm³/mol. The molecule has 4 atom stereocenters. The number of ether oxygens (including phenoxy) is 1. The summed E-state index contributed by atoms with van der Waals surface area (Å²) in [4.78, 5) is 52.0. The number of carbonyl (C=O) groups excluding carboxylic acids is 4. The standard InChI is InChI=1S/C26H24N2O5/c1-14-6-9-20(15(2)10-14)27-21(29)13-33-26(32)18-4-3-5-19(12-18)28-24(30)22-16-7-8-17(11-16)23(22)25(28)31/h3-10,12,16-17,22-23H,11,13H2,1-2H3,(H,27,29)/t16-,17-,22-,23+/m0/s1. The molecule has 168 valence electrons. The molecule has 2 aliphatic carbocycles. The van der Waals surface area contributed by atoms with Crippen LogP contribution in [0, 0.1) is 37.5 Å². The summed E-state index contributed by atoms with van der Waals surface area (Å²) in [7, 11) is 0. The molecule has 1 heterocycles. The number of anilines is 2. The molecule has 5 rings (SSSR count). The number of amides is 3. The number of benzene rings is 2. The zero-order valence-corrected chi connectivity index (χ0v) is 18.4. The number of aryl methyl sites for hydroxylation is 2. The molecule has 0 unspecified atom stereocenters. The van der Waals surface area contributed by atoms with Gasteiger partial charge in [-0.2, -0.15) is 0 Å². The van der Waals surface area contributed by atoms with E-state index >= 15 is 0 Å². The van der Waals surface area contributed by atoms with Crippen LogP contribution in [0.3, 0.4) is 0 Å². The van der Waals surface area contributed by atoms with Gasteiger partial charge in [0.05, 0.1) is 23.1 Å². The third kappa shape index (κ3) is 3.63. The second kappa shape index (κ2) is 7.99. The van der Waals surface area contributed by atoms with Crippen molar-refractivity contribution in [2.75, 3.05) is 16.8 Å². The highest BCUT2D eigenvalue weighted by Gasteiger charge is 2.59. The number of rotatable bonds is 5. The maximum absolute atomic E-state index is 13.0. The van der Waals surface area contributed by atoms with Crippen LogP contribution in [-0.4, -0.2) is 30.3 Å². The van der Waals surface area contributed by atoms with E-state index in [0.29, 0.717) is 11.4 Å². The SMILES string of the molecule is Cc1ccc(NC(=O)COC(=O)c2cccc(N3C(=O)[C@@H]4[C@H](C3=O)[C@H]3C=C[C@H]4C3)c2)c(C)c1. The number of nitrogens with zero attached hydrogens (tertiary/aromatic N) is 1. The van der Waals surface area contributed by atoms with Crippen molar-refractivity contribution in [2.24, 2.45) is 23.7 Å². The molecule has 1 N–H and O–H groups in total. The second-order valence-corrected chi connectivity index (χ2v) is 9.00. The summed E-state index contributed by atoms with van der Waals surface area (Å²) in [5.74, 6) is -1.95. The molecule has 1 saturated heterocycles. The highest BCUT2D eigenvalue weighted by Crippen LogP contribution is 2.53. The van der Waals surface area contributed by atoms with E-state index in [-0.39, 0.29) is 41.0 Å². The van der Waals surface area contributed by atoms with E-state index in [0.717, 1.165) is 17.5 Å². The molecule has 0 radical (unpaired) electrons. The lowest BCUT2D eigenvalue weighted by atomic mass is 9.85. The van der Waals surface area contributed by atoms with Gasteiger partial charge < -0.3 is 10.1 Å². The van der Waals surface area contributed by atoms with Crippen molar-refractivity contribution in [3.63, 3.8) is 0 Å². The molecule has 2 bridgehead atoms. The highest BCUT2D eigenvalue weighted by molar-refractivity contribution is 6.23. The minimum absolute atomic E-state index is 0.116. The Bertz CT molecular complexity index is 1190. The zero-order chi connectivity index (χ0) is 23.3. The number of hydrogen-bond donors (Lipinski definition) is 1. The summed E-state index contributed by atoms with van der Waals surface area (Å²) in [5, 5.41) is 2.73. The van der Waals surface area contributed by atoms with Gasteiger partial charge in [-0.1, -0.05) is 35.9 Å². The first-order valence-corrected chi connectivity index (χ1v) is 11.0. The van der Waals surface area contributed by atoms with Gasteiger partial charge in [0.2, 0.25) is 11.8 Å². The molecule has 3 amide bonds. The third-order valence-electron chi connectivity index (χ3n) is 6.80. The Labute approximate surface area is 191 Å². The average molecular weight is 444 g/mol. The minimum Gasteiger partial charge on any atom is -0.452 e. The molecule has 33 heavy (non-hydrogen) atoms. The summed E-state index contributed by atoms with van der Waals surface area (Å²) in [5.41, 5.74) is 3.18. The van der Waals surface area contributed by atoms with Crippen LogP contribution in [0.4, 0.5) is 11.4 Å². The van der Waals surface area contributed by atoms with Crippen LogP contribution in [0.2, 0.25) is 0 Å². The van der Waals surface area contributed by atoms with Crippen LogP contribution < -0.4 is 10.2 Å². The topological polar surface area (TPSA) is 92.8 Å². The van der Waals surface area contributed by atoms with Crippen molar-refractivity contribution >= 4 is 35.1 Å². The molecule has 0 spiro atoms. The van der Waals surface area contributed by atoms with Crippen molar-refractivity contribution in [3.05, 3.63) is 71.3 Å². The molecule has 0 aromatic heterocycles. The largest absolute Gasteiger partial charge is 0.452 e. The molecule has 1 aliphatic heterocycles. The van der Waals surface area contributed by atoms with Crippen LogP contribution >= 0.6 is 0 Å². The maximum atomic E-state index is 13.0. The van der Waals surface area contributed by atoms with Crippen LogP contribution in [0.15, 0.2) is 54.6 Å². The summed E-state index contributed by atoms with van der Waals surface area (Å²) in [6, 6.07) is 11.9. The van der Waals surface area contributed by atoms with E-state index in [1.807, 2.05) is 38.1 Å². The summed E-state index contributed by atoms with van der Waals surface area (Å²) in [6.45, 7) is 3.40.